The number of nitrogens with one attached hydrogen (secondary N) is 1. The molecule has 0 aromatic carbocycles. The fourth-order valence-corrected chi connectivity index (χ4v) is 2.67. The van der Waals surface area contributed by atoms with Gasteiger partial charge in [-0.15, -0.1) is 0 Å². The molecule has 0 bridgehead atoms. The normalized spacial score (nSPS) is 32.6. The average molecular weight is 210 g/mol. The van der Waals surface area contributed by atoms with Crippen LogP contribution in [0.3, 0.4) is 0 Å². The average Bonchev–Trinajstić information content (AvgIpc) is 2.13. The molecule has 0 radical (unpaired) electrons. The number of piperazine rings is 1. The van der Waals surface area contributed by atoms with Crippen LogP contribution in [0.2, 0.25) is 0 Å². The second kappa shape index (κ2) is 4.42. The van der Waals surface area contributed by atoms with Crippen molar-refractivity contribution in [3.05, 3.63) is 0 Å². The zero-order chi connectivity index (χ0) is 10.9. The van der Waals surface area contributed by atoms with Crippen molar-refractivity contribution in [2.75, 3.05) is 19.6 Å². The van der Waals surface area contributed by atoms with Crippen LogP contribution in [0.5, 0.6) is 0 Å². The summed E-state index contributed by atoms with van der Waals surface area (Å²) in [6, 6.07) is 0.720. The number of hydrogen-bond acceptors (Lipinski definition) is 2. The molecular weight excluding hydrogens is 184 g/mol. The van der Waals surface area contributed by atoms with Crippen molar-refractivity contribution in [3.8, 4) is 0 Å². The van der Waals surface area contributed by atoms with E-state index in [0.717, 1.165) is 18.5 Å². The summed E-state index contributed by atoms with van der Waals surface area (Å²) in [6.07, 6.45) is 5.67. The lowest BCUT2D eigenvalue weighted by Gasteiger charge is -2.48. The first-order valence-corrected chi connectivity index (χ1v) is 6.60. The molecular formula is C13H26N2. The first kappa shape index (κ1) is 11.4. The molecule has 0 aromatic rings. The highest BCUT2D eigenvalue weighted by atomic mass is 15.3. The Morgan fingerprint density at radius 1 is 1.33 bits per heavy atom. The van der Waals surface area contributed by atoms with Gasteiger partial charge in [0.05, 0.1) is 0 Å². The van der Waals surface area contributed by atoms with E-state index in [1.54, 1.807) is 0 Å². The van der Waals surface area contributed by atoms with Crippen molar-refractivity contribution in [3.63, 3.8) is 0 Å². The molecule has 1 N–H and O–H groups in total. The molecule has 2 nitrogen and oxygen atoms in total. The van der Waals surface area contributed by atoms with Crippen molar-refractivity contribution in [1.82, 2.24) is 10.2 Å². The summed E-state index contributed by atoms with van der Waals surface area (Å²) >= 11 is 0. The van der Waals surface area contributed by atoms with Crippen LogP contribution in [0.25, 0.3) is 0 Å². The summed E-state index contributed by atoms with van der Waals surface area (Å²) in [5.74, 6) is 1.000. The molecule has 1 aliphatic carbocycles. The van der Waals surface area contributed by atoms with E-state index >= 15 is 0 Å². The Hall–Kier alpha value is -0.0800. The maximum absolute atomic E-state index is 3.66. The van der Waals surface area contributed by atoms with Gasteiger partial charge in [-0.05, 0) is 39.0 Å². The standard InChI is InChI=1S/C13H26N2/c1-4-12-9-15(8-11-6-5-7-11)13(2,3)10-14-12/h11-12,14H,4-10H2,1-3H3. The van der Waals surface area contributed by atoms with E-state index in [2.05, 4.69) is 31.0 Å². The van der Waals surface area contributed by atoms with Crippen molar-refractivity contribution in [2.45, 2.75) is 58.0 Å². The van der Waals surface area contributed by atoms with Crippen LogP contribution in [-0.2, 0) is 0 Å². The molecule has 1 atom stereocenters. The first-order valence-electron chi connectivity index (χ1n) is 6.60. The van der Waals surface area contributed by atoms with Crippen LogP contribution in [0.4, 0.5) is 0 Å². The van der Waals surface area contributed by atoms with Crippen molar-refractivity contribution in [1.29, 1.82) is 0 Å². The highest BCUT2D eigenvalue weighted by molar-refractivity contribution is 4.93. The third-order valence-corrected chi connectivity index (χ3v) is 4.32. The molecule has 1 saturated carbocycles. The van der Waals surface area contributed by atoms with Crippen molar-refractivity contribution in [2.24, 2.45) is 5.92 Å². The van der Waals surface area contributed by atoms with E-state index in [0.29, 0.717) is 5.54 Å². The SMILES string of the molecule is CCC1CN(CC2CCC2)C(C)(C)CN1. The molecule has 2 aliphatic rings. The van der Waals surface area contributed by atoms with Gasteiger partial charge in [0.25, 0.3) is 0 Å². The molecule has 1 heterocycles. The van der Waals surface area contributed by atoms with E-state index < -0.39 is 0 Å². The Morgan fingerprint density at radius 3 is 2.60 bits per heavy atom. The number of nitrogens with zero attached hydrogens (tertiary/aromatic N) is 1. The minimum atomic E-state index is 0.362. The highest BCUT2D eigenvalue weighted by Crippen LogP contribution is 2.30. The van der Waals surface area contributed by atoms with Crippen LogP contribution in [-0.4, -0.2) is 36.1 Å². The predicted octanol–water partition coefficient (Wildman–Crippen LogP) is 2.25. The zero-order valence-electron chi connectivity index (χ0n) is 10.6. The lowest BCUT2D eigenvalue weighted by Crippen LogP contribution is -2.62. The van der Waals surface area contributed by atoms with Crippen molar-refractivity contribution < 1.29 is 0 Å². The van der Waals surface area contributed by atoms with Crippen LogP contribution in [0.15, 0.2) is 0 Å². The quantitative estimate of drug-likeness (QED) is 0.768. The largest absolute Gasteiger partial charge is 0.311 e. The Morgan fingerprint density at radius 2 is 2.07 bits per heavy atom. The molecule has 2 heteroatoms. The molecule has 0 amide bonds. The number of rotatable bonds is 3. The van der Waals surface area contributed by atoms with Gasteiger partial charge in [-0.2, -0.15) is 0 Å². The fraction of sp³-hybridized carbons (Fsp3) is 1.00. The third-order valence-electron chi connectivity index (χ3n) is 4.32. The lowest BCUT2D eigenvalue weighted by molar-refractivity contribution is 0.0363. The van der Waals surface area contributed by atoms with Gasteiger partial charge in [0, 0.05) is 31.2 Å². The van der Waals surface area contributed by atoms with Gasteiger partial charge in [-0.3, -0.25) is 4.90 Å². The molecule has 1 saturated heterocycles. The van der Waals surface area contributed by atoms with Gasteiger partial charge in [-0.1, -0.05) is 13.3 Å². The topological polar surface area (TPSA) is 15.3 Å². The van der Waals surface area contributed by atoms with Crippen LogP contribution in [0.1, 0.15) is 46.5 Å². The van der Waals surface area contributed by atoms with E-state index in [9.17, 15) is 0 Å². The van der Waals surface area contributed by atoms with E-state index in [1.807, 2.05) is 0 Å². The molecule has 2 rings (SSSR count). The maximum Gasteiger partial charge on any atom is 0.0278 e. The summed E-state index contributed by atoms with van der Waals surface area (Å²) in [5.41, 5.74) is 0.362. The molecule has 15 heavy (non-hydrogen) atoms. The number of hydrogen-bond donors (Lipinski definition) is 1. The predicted molar refractivity (Wildman–Crippen MR) is 65.1 cm³/mol. The lowest BCUT2D eigenvalue weighted by atomic mass is 9.83. The van der Waals surface area contributed by atoms with Crippen LogP contribution < -0.4 is 5.32 Å². The van der Waals surface area contributed by atoms with Crippen LogP contribution >= 0.6 is 0 Å². The van der Waals surface area contributed by atoms with Gasteiger partial charge < -0.3 is 5.32 Å². The van der Waals surface area contributed by atoms with E-state index in [1.165, 1.54) is 38.8 Å². The molecule has 1 aliphatic heterocycles. The fourth-order valence-electron chi connectivity index (χ4n) is 2.67. The minimum absolute atomic E-state index is 0.362. The molecule has 0 spiro atoms. The summed E-state index contributed by atoms with van der Waals surface area (Å²) in [7, 11) is 0. The van der Waals surface area contributed by atoms with Gasteiger partial charge in [0.1, 0.15) is 0 Å². The van der Waals surface area contributed by atoms with Gasteiger partial charge >= 0.3 is 0 Å². The van der Waals surface area contributed by atoms with Gasteiger partial charge in [0.2, 0.25) is 0 Å². The summed E-state index contributed by atoms with van der Waals surface area (Å²) < 4.78 is 0. The Labute approximate surface area is 94.4 Å². The van der Waals surface area contributed by atoms with Gasteiger partial charge in [-0.25, -0.2) is 0 Å². The highest BCUT2D eigenvalue weighted by Gasteiger charge is 2.35. The van der Waals surface area contributed by atoms with Crippen molar-refractivity contribution >= 4 is 0 Å². The molecule has 88 valence electrons. The Balaban J connectivity index is 1.91. The second-order valence-corrected chi connectivity index (χ2v) is 6.00. The molecule has 1 unspecified atom stereocenters. The smallest absolute Gasteiger partial charge is 0.0278 e. The Bertz CT molecular complexity index is 207. The monoisotopic (exact) mass is 210 g/mol. The maximum atomic E-state index is 3.66. The minimum Gasteiger partial charge on any atom is -0.311 e. The summed E-state index contributed by atoms with van der Waals surface area (Å²) in [4.78, 5) is 2.72. The first-order chi connectivity index (χ1) is 7.12. The summed E-state index contributed by atoms with van der Waals surface area (Å²) in [6.45, 7) is 10.8. The molecule has 2 fully saturated rings. The third kappa shape index (κ3) is 2.54. The molecule has 0 aromatic heterocycles. The second-order valence-electron chi connectivity index (χ2n) is 6.00. The van der Waals surface area contributed by atoms with Gasteiger partial charge in [0.15, 0.2) is 0 Å². The van der Waals surface area contributed by atoms with E-state index in [-0.39, 0.29) is 0 Å². The van der Waals surface area contributed by atoms with E-state index in [4.69, 9.17) is 0 Å². The van der Waals surface area contributed by atoms with Crippen LogP contribution in [0, 0.1) is 5.92 Å². The Kier molecular flexibility index (Phi) is 3.36. The summed E-state index contributed by atoms with van der Waals surface area (Å²) in [5, 5.41) is 3.66. The zero-order valence-corrected chi connectivity index (χ0v) is 10.6.